The Hall–Kier alpha value is -2.25. The molecule has 0 spiro atoms. The summed E-state index contributed by atoms with van der Waals surface area (Å²) in [6.07, 6.45) is -1.02. The van der Waals surface area contributed by atoms with Gasteiger partial charge in [0, 0.05) is 6.04 Å². The Balaban J connectivity index is 1.93. The number of alkyl halides is 3. The van der Waals surface area contributed by atoms with Crippen molar-refractivity contribution in [3.8, 4) is 5.75 Å². The third kappa shape index (κ3) is 6.28. The Morgan fingerprint density at radius 2 is 1.76 bits per heavy atom. The van der Waals surface area contributed by atoms with E-state index < -0.39 is 24.3 Å². The minimum atomic E-state index is -4.76. The van der Waals surface area contributed by atoms with Crippen LogP contribution in [0.25, 0.3) is 0 Å². The molecule has 2 rings (SSSR count). The fourth-order valence-electron chi connectivity index (χ4n) is 3.03. The van der Waals surface area contributed by atoms with Crippen LogP contribution in [-0.4, -0.2) is 29.4 Å². The number of carbonyl (C=O) groups excluding carboxylic acids is 1. The number of carbonyl (C=O) groups is 2. The normalized spacial score (nSPS) is 21.2. The third-order valence-corrected chi connectivity index (χ3v) is 4.20. The van der Waals surface area contributed by atoms with Crippen molar-refractivity contribution in [1.29, 1.82) is 0 Å². The zero-order chi connectivity index (χ0) is 18.4. The van der Waals surface area contributed by atoms with Gasteiger partial charge in [0.2, 0.25) is 5.91 Å². The second-order valence-corrected chi connectivity index (χ2v) is 6.13. The Labute approximate surface area is 143 Å². The van der Waals surface area contributed by atoms with Crippen molar-refractivity contribution < 1.29 is 32.6 Å². The molecule has 2 N–H and O–H groups in total. The monoisotopic (exact) mass is 359 g/mol. The number of rotatable bonds is 5. The molecule has 0 heterocycles. The summed E-state index contributed by atoms with van der Waals surface area (Å²) in [6.45, 7) is 0. The van der Waals surface area contributed by atoms with Gasteiger partial charge in [0.25, 0.3) is 0 Å². The van der Waals surface area contributed by atoms with Crippen LogP contribution in [0, 0.1) is 5.92 Å². The molecule has 0 unspecified atom stereocenters. The SMILES string of the molecule is O=C(Cc1ccc(OC(F)(F)F)cc1)N[C@H]1CCCCC[C@H]1C(=O)O. The number of hydrogen-bond donors (Lipinski definition) is 2. The largest absolute Gasteiger partial charge is 0.573 e. The average Bonchev–Trinajstić information content (AvgIpc) is 2.73. The summed E-state index contributed by atoms with van der Waals surface area (Å²) in [6, 6.07) is 4.62. The molecule has 0 aliphatic heterocycles. The van der Waals surface area contributed by atoms with Crippen molar-refractivity contribution in [1.82, 2.24) is 5.32 Å². The molecular weight excluding hydrogens is 339 g/mol. The first kappa shape index (κ1) is 19.1. The predicted molar refractivity (Wildman–Crippen MR) is 83.0 cm³/mol. The minimum absolute atomic E-state index is 0.0326. The molecule has 1 aliphatic rings. The van der Waals surface area contributed by atoms with E-state index in [1.54, 1.807) is 0 Å². The van der Waals surface area contributed by atoms with Crippen molar-refractivity contribution in [3.63, 3.8) is 0 Å². The standard InChI is InChI=1S/C17H20F3NO4/c18-17(19,20)25-12-8-6-11(7-9-12)10-15(22)21-14-5-3-1-2-4-13(14)16(23)24/h6-9,13-14H,1-5,10H2,(H,21,22)(H,23,24)/t13-,14+/m1/s1. The highest BCUT2D eigenvalue weighted by Gasteiger charge is 2.31. The van der Waals surface area contributed by atoms with Crippen molar-refractivity contribution in [3.05, 3.63) is 29.8 Å². The molecule has 1 amide bonds. The van der Waals surface area contributed by atoms with Crippen molar-refractivity contribution in [2.45, 2.75) is 50.9 Å². The van der Waals surface area contributed by atoms with Gasteiger partial charge < -0.3 is 15.2 Å². The van der Waals surface area contributed by atoms with Crippen molar-refractivity contribution >= 4 is 11.9 Å². The maximum atomic E-state index is 12.2. The molecular formula is C17H20F3NO4. The van der Waals surface area contributed by atoms with E-state index in [4.69, 9.17) is 0 Å². The van der Waals surface area contributed by atoms with E-state index in [2.05, 4.69) is 10.1 Å². The predicted octanol–water partition coefficient (Wildman–Crippen LogP) is 3.28. The fourth-order valence-corrected chi connectivity index (χ4v) is 3.03. The summed E-state index contributed by atoms with van der Waals surface area (Å²) in [5, 5.41) is 12.1. The Morgan fingerprint density at radius 1 is 1.12 bits per heavy atom. The van der Waals surface area contributed by atoms with Gasteiger partial charge in [-0.1, -0.05) is 31.4 Å². The second-order valence-electron chi connectivity index (χ2n) is 6.13. The number of amides is 1. The molecule has 0 aromatic heterocycles. The van der Waals surface area contributed by atoms with Gasteiger partial charge in [0.15, 0.2) is 0 Å². The van der Waals surface area contributed by atoms with Crippen molar-refractivity contribution in [2.75, 3.05) is 0 Å². The zero-order valence-electron chi connectivity index (χ0n) is 13.5. The summed E-state index contributed by atoms with van der Waals surface area (Å²) in [4.78, 5) is 23.5. The van der Waals surface area contributed by atoms with Crippen LogP contribution in [0.3, 0.4) is 0 Å². The Kier molecular flexibility index (Phi) is 6.27. The summed E-state index contributed by atoms with van der Waals surface area (Å²) in [7, 11) is 0. The average molecular weight is 359 g/mol. The fraction of sp³-hybridized carbons (Fsp3) is 0.529. The van der Waals surface area contributed by atoms with E-state index >= 15 is 0 Å². The van der Waals surface area contributed by atoms with Gasteiger partial charge in [-0.3, -0.25) is 9.59 Å². The molecule has 0 bridgehead atoms. The number of carboxylic acid groups (broad SMARTS) is 1. The van der Waals surface area contributed by atoms with Crippen LogP contribution >= 0.6 is 0 Å². The highest BCUT2D eigenvalue weighted by atomic mass is 19.4. The summed E-state index contributed by atoms with van der Waals surface area (Å²) >= 11 is 0. The molecule has 8 heteroatoms. The zero-order valence-corrected chi connectivity index (χ0v) is 13.5. The molecule has 138 valence electrons. The van der Waals surface area contributed by atoms with Gasteiger partial charge in [-0.25, -0.2) is 0 Å². The molecule has 1 saturated carbocycles. The van der Waals surface area contributed by atoms with Crippen LogP contribution < -0.4 is 10.1 Å². The number of hydrogen-bond acceptors (Lipinski definition) is 3. The number of carboxylic acids is 1. The Morgan fingerprint density at radius 3 is 2.36 bits per heavy atom. The third-order valence-electron chi connectivity index (χ3n) is 4.20. The van der Waals surface area contributed by atoms with Crippen molar-refractivity contribution in [2.24, 2.45) is 5.92 Å². The number of aliphatic carboxylic acids is 1. The van der Waals surface area contributed by atoms with E-state index in [0.29, 0.717) is 18.4 Å². The maximum Gasteiger partial charge on any atom is 0.573 e. The number of benzene rings is 1. The lowest BCUT2D eigenvalue weighted by molar-refractivity contribution is -0.274. The summed E-state index contributed by atoms with van der Waals surface area (Å²) in [5.74, 6) is -2.22. The van der Waals surface area contributed by atoms with E-state index in [-0.39, 0.29) is 18.1 Å². The lowest BCUT2D eigenvalue weighted by Gasteiger charge is -2.23. The van der Waals surface area contributed by atoms with E-state index in [1.165, 1.54) is 12.1 Å². The van der Waals surface area contributed by atoms with Gasteiger partial charge >= 0.3 is 12.3 Å². The van der Waals surface area contributed by atoms with Gasteiger partial charge in [0.1, 0.15) is 5.75 Å². The topological polar surface area (TPSA) is 75.6 Å². The van der Waals surface area contributed by atoms with Crippen LogP contribution in [0.15, 0.2) is 24.3 Å². The Bertz CT molecular complexity index is 601. The van der Waals surface area contributed by atoms with E-state index in [9.17, 15) is 27.9 Å². The molecule has 1 fully saturated rings. The maximum absolute atomic E-state index is 12.2. The molecule has 0 saturated heterocycles. The lowest BCUT2D eigenvalue weighted by atomic mass is 9.94. The molecule has 25 heavy (non-hydrogen) atoms. The first-order chi connectivity index (χ1) is 11.7. The summed E-state index contributed by atoms with van der Waals surface area (Å²) in [5.41, 5.74) is 0.521. The number of nitrogens with one attached hydrogen (secondary N) is 1. The highest BCUT2D eigenvalue weighted by molar-refractivity contribution is 5.80. The molecule has 1 aliphatic carbocycles. The van der Waals surface area contributed by atoms with E-state index in [0.717, 1.165) is 31.4 Å². The molecule has 5 nitrogen and oxygen atoms in total. The number of ether oxygens (including phenoxy) is 1. The van der Waals surface area contributed by atoms with Gasteiger partial charge in [-0.05, 0) is 30.5 Å². The quantitative estimate of drug-likeness (QED) is 0.791. The van der Waals surface area contributed by atoms with Crippen LogP contribution in [0.1, 0.15) is 37.7 Å². The molecule has 1 aromatic rings. The van der Waals surface area contributed by atoms with Gasteiger partial charge in [-0.2, -0.15) is 0 Å². The summed E-state index contributed by atoms with van der Waals surface area (Å²) < 4.78 is 40.1. The minimum Gasteiger partial charge on any atom is -0.481 e. The van der Waals surface area contributed by atoms with Crippen LogP contribution in [0.4, 0.5) is 13.2 Å². The molecule has 2 atom stereocenters. The van der Waals surface area contributed by atoms with Crippen LogP contribution in [-0.2, 0) is 16.0 Å². The second kappa shape index (κ2) is 8.22. The van der Waals surface area contributed by atoms with Gasteiger partial charge in [0.05, 0.1) is 12.3 Å². The van der Waals surface area contributed by atoms with Crippen LogP contribution in [0.2, 0.25) is 0 Å². The number of halogens is 3. The molecule has 0 radical (unpaired) electrons. The van der Waals surface area contributed by atoms with Crippen LogP contribution in [0.5, 0.6) is 5.75 Å². The molecule has 1 aromatic carbocycles. The first-order valence-corrected chi connectivity index (χ1v) is 8.11. The highest BCUT2D eigenvalue weighted by Crippen LogP contribution is 2.25. The van der Waals surface area contributed by atoms with Gasteiger partial charge in [-0.15, -0.1) is 13.2 Å². The van der Waals surface area contributed by atoms with E-state index in [1.807, 2.05) is 0 Å². The smallest absolute Gasteiger partial charge is 0.481 e. The first-order valence-electron chi connectivity index (χ1n) is 8.11. The lowest BCUT2D eigenvalue weighted by Crippen LogP contribution is -2.43.